The molecule has 0 bridgehead atoms. The Hall–Kier alpha value is -1.59. The minimum Gasteiger partial charge on any atom is -0.490 e. The van der Waals surface area contributed by atoms with Gasteiger partial charge in [-0.05, 0) is 42.5 Å². The zero-order chi connectivity index (χ0) is 15.4. The molecule has 0 saturated carbocycles. The molecule has 0 atom stereocenters. The van der Waals surface area contributed by atoms with Crippen LogP contribution in [0.1, 0.15) is 0 Å². The Bertz CT molecular complexity index is 794. The first-order valence-corrected chi connectivity index (χ1v) is 8.68. The van der Waals surface area contributed by atoms with Crippen molar-refractivity contribution in [2.75, 3.05) is 11.9 Å². The molecular formula is C17H13Br2NO2. The van der Waals surface area contributed by atoms with Crippen molar-refractivity contribution < 1.29 is 9.26 Å². The first-order valence-electron chi connectivity index (χ1n) is 6.77. The fourth-order valence-electron chi connectivity index (χ4n) is 2.10. The molecule has 1 aromatic heterocycles. The third-order valence-electron chi connectivity index (χ3n) is 3.16. The maximum absolute atomic E-state index is 5.63. The van der Waals surface area contributed by atoms with Crippen molar-refractivity contribution in [2.24, 2.45) is 0 Å². The van der Waals surface area contributed by atoms with Gasteiger partial charge in [0.05, 0.1) is 0 Å². The Kier molecular flexibility index (Phi) is 4.95. The molecule has 0 fully saturated rings. The number of nitrogens with zero attached hydrogens (tertiary/aromatic N) is 1. The standard InChI is InChI=1S/C17H13Br2NO2/c18-9-1-2-10-21-14-6-3-12(4-7-14)17-15-8-5-13(19)11-16(15)22-20-17/h1-8,11H,9-10H2/b2-1+. The van der Waals surface area contributed by atoms with Crippen molar-refractivity contribution in [1.82, 2.24) is 5.16 Å². The van der Waals surface area contributed by atoms with Gasteiger partial charge in [0.25, 0.3) is 0 Å². The van der Waals surface area contributed by atoms with Gasteiger partial charge in [-0.2, -0.15) is 0 Å². The lowest BCUT2D eigenvalue weighted by atomic mass is 10.1. The molecule has 0 N–H and O–H groups in total. The number of halogens is 2. The average molecular weight is 423 g/mol. The third-order valence-corrected chi connectivity index (χ3v) is 4.03. The summed E-state index contributed by atoms with van der Waals surface area (Å²) in [5.41, 5.74) is 2.61. The summed E-state index contributed by atoms with van der Waals surface area (Å²) in [6.07, 6.45) is 3.99. The van der Waals surface area contributed by atoms with E-state index in [-0.39, 0.29) is 0 Å². The van der Waals surface area contributed by atoms with Crippen molar-refractivity contribution in [3.8, 4) is 17.0 Å². The number of fused-ring (bicyclic) bond motifs is 1. The minimum absolute atomic E-state index is 0.561. The van der Waals surface area contributed by atoms with Crippen LogP contribution >= 0.6 is 31.9 Å². The van der Waals surface area contributed by atoms with Crippen molar-refractivity contribution in [3.05, 3.63) is 59.1 Å². The van der Waals surface area contributed by atoms with Gasteiger partial charge in [0.1, 0.15) is 18.1 Å². The summed E-state index contributed by atoms with van der Waals surface area (Å²) in [5.74, 6) is 0.832. The normalized spacial score (nSPS) is 11.4. The van der Waals surface area contributed by atoms with Gasteiger partial charge < -0.3 is 9.26 Å². The summed E-state index contributed by atoms with van der Waals surface area (Å²) in [7, 11) is 0. The zero-order valence-corrected chi connectivity index (χ0v) is 14.8. The Labute approximate surface area is 145 Å². The van der Waals surface area contributed by atoms with E-state index >= 15 is 0 Å². The fraction of sp³-hybridized carbons (Fsp3) is 0.118. The summed E-state index contributed by atoms with van der Waals surface area (Å²) in [6, 6.07) is 13.8. The number of aromatic nitrogens is 1. The third kappa shape index (κ3) is 3.42. The summed E-state index contributed by atoms with van der Waals surface area (Å²) in [4.78, 5) is 0. The van der Waals surface area contributed by atoms with Crippen LogP contribution in [-0.2, 0) is 0 Å². The van der Waals surface area contributed by atoms with Gasteiger partial charge in [0.15, 0.2) is 5.58 Å². The summed E-state index contributed by atoms with van der Waals surface area (Å²) >= 11 is 6.76. The molecular weight excluding hydrogens is 410 g/mol. The van der Waals surface area contributed by atoms with E-state index in [4.69, 9.17) is 9.26 Å². The molecule has 5 heteroatoms. The molecule has 3 aromatic rings. The summed E-state index contributed by atoms with van der Waals surface area (Å²) < 4.78 is 12.0. The molecule has 0 aliphatic rings. The van der Waals surface area contributed by atoms with Crippen LogP contribution < -0.4 is 4.74 Å². The van der Waals surface area contributed by atoms with E-state index in [1.807, 2.05) is 54.6 Å². The molecule has 0 radical (unpaired) electrons. The Balaban J connectivity index is 1.81. The molecule has 0 aliphatic heterocycles. The number of ether oxygens (including phenoxy) is 1. The molecule has 0 aliphatic carbocycles. The first kappa shape index (κ1) is 15.3. The highest BCUT2D eigenvalue weighted by Crippen LogP contribution is 2.30. The first-order chi connectivity index (χ1) is 10.8. The number of hydrogen-bond acceptors (Lipinski definition) is 3. The van der Waals surface area contributed by atoms with E-state index in [1.54, 1.807) is 0 Å². The van der Waals surface area contributed by atoms with Gasteiger partial charge >= 0.3 is 0 Å². The largest absolute Gasteiger partial charge is 0.490 e. The SMILES string of the molecule is BrC/C=C/COc1ccc(-c2noc3cc(Br)ccc23)cc1. The molecule has 2 aromatic carbocycles. The average Bonchev–Trinajstić information content (AvgIpc) is 2.95. The van der Waals surface area contributed by atoms with E-state index in [0.717, 1.165) is 37.8 Å². The Morgan fingerprint density at radius 1 is 1.09 bits per heavy atom. The summed E-state index contributed by atoms with van der Waals surface area (Å²) in [5, 5.41) is 6.01. The van der Waals surface area contributed by atoms with Crippen molar-refractivity contribution in [1.29, 1.82) is 0 Å². The van der Waals surface area contributed by atoms with Crippen LogP contribution in [0.5, 0.6) is 5.75 Å². The van der Waals surface area contributed by atoms with E-state index in [2.05, 4.69) is 37.0 Å². The zero-order valence-electron chi connectivity index (χ0n) is 11.6. The lowest BCUT2D eigenvalue weighted by Crippen LogP contribution is -1.93. The number of hydrogen-bond donors (Lipinski definition) is 0. The van der Waals surface area contributed by atoms with Gasteiger partial charge in [-0.15, -0.1) is 0 Å². The molecule has 112 valence electrons. The monoisotopic (exact) mass is 421 g/mol. The number of alkyl halides is 1. The van der Waals surface area contributed by atoms with Gasteiger partial charge in [-0.25, -0.2) is 0 Å². The van der Waals surface area contributed by atoms with Crippen molar-refractivity contribution in [3.63, 3.8) is 0 Å². The fourth-order valence-corrected chi connectivity index (χ4v) is 2.71. The topological polar surface area (TPSA) is 35.3 Å². The molecule has 3 rings (SSSR count). The lowest BCUT2D eigenvalue weighted by Gasteiger charge is -2.04. The molecule has 3 nitrogen and oxygen atoms in total. The van der Waals surface area contributed by atoms with Crippen LogP contribution in [0, 0.1) is 0 Å². The van der Waals surface area contributed by atoms with Gasteiger partial charge in [0, 0.05) is 20.8 Å². The van der Waals surface area contributed by atoms with E-state index < -0.39 is 0 Å². The number of allylic oxidation sites excluding steroid dienone is 1. The number of rotatable bonds is 5. The van der Waals surface area contributed by atoms with Gasteiger partial charge in [-0.3, -0.25) is 0 Å². The molecule has 22 heavy (non-hydrogen) atoms. The van der Waals surface area contributed by atoms with Crippen LogP contribution in [0.15, 0.2) is 63.6 Å². The van der Waals surface area contributed by atoms with E-state index in [0.29, 0.717) is 6.61 Å². The minimum atomic E-state index is 0.561. The highest BCUT2D eigenvalue weighted by Gasteiger charge is 2.10. The van der Waals surface area contributed by atoms with Crippen LogP contribution in [-0.4, -0.2) is 17.1 Å². The summed E-state index contributed by atoms with van der Waals surface area (Å²) in [6.45, 7) is 0.561. The maximum atomic E-state index is 5.63. The predicted molar refractivity (Wildman–Crippen MR) is 95.6 cm³/mol. The van der Waals surface area contributed by atoms with Crippen molar-refractivity contribution in [2.45, 2.75) is 0 Å². The van der Waals surface area contributed by atoms with Crippen molar-refractivity contribution >= 4 is 42.8 Å². The Morgan fingerprint density at radius 3 is 2.68 bits per heavy atom. The Morgan fingerprint density at radius 2 is 1.91 bits per heavy atom. The van der Waals surface area contributed by atoms with Crippen LogP contribution in [0.2, 0.25) is 0 Å². The maximum Gasteiger partial charge on any atom is 0.168 e. The molecule has 1 heterocycles. The quantitative estimate of drug-likeness (QED) is 0.397. The van der Waals surface area contributed by atoms with E-state index in [9.17, 15) is 0 Å². The second-order valence-electron chi connectivity index (χ2n) is 4.63. The van der Waals surface area contributed by atoms with Gasteiger partial charge in [0.2, 0.25) is 0 Å². The van der Waals surface area contributed by atoms with Crippen LogP contribution in [0.3, 0.4) is 0 Å². The smallest absolute Gasteiger partial charge is 0.168 e. The van der Waals surface area contributed by atoms with E-state index in [1.165, 1.54) is 0 Å². The second-order valence-corrected chi connectivity index (χ2v) is 6.20. The highest BCUT2D eigenvalue weighted by atomic mass is 79.9. The lowest BCUT2D eigenvalue weighted by molar-refractivity contribution is 0.363. The van der Waals surface area contributed by atoms with Crippen LogP contribution in [0.4, 0.5) is 0 Å². The molecule has 0 amide bonds. The number of benzene rings is 2. The molecule has 0 spiro atoms. The second kappa shape index (κ2) is 7.11. The van der Waals surface area contributed by atoms with Crippen LogP contribution in [0.25, 0.3) is 22.2 Å². The van der Waals surface area contributed by atoms with Gasteiger partial charge in [-0.1, -0.05) is 49.2 Å². The highest BCUT2D eigenvalue weighted by molar-refractivity contribution is 9.10. The predicted octanol–water partition coefficient (Wildman–Crippen LogP) is 5.59. The molecule has 0 unspecified atom stereocenters. The molecule has 0 saturated heterocycles.